The molecular formula is C15H18N4O4S2. The van der Waals surface area contributed by atoms with E-state index in [0.29, 0.717) is 6.54 Å². The molecule has 3 heterocycles. The van der Waals surface area contributed by atoms with Crippen LogP contribution in [0.4, 0.5) is 16.5 Å². The number of hydrogen-bond acceptors (Lipinski definition) is 8. The first-order valence-corrected chi connectivity index (χ1v) is 10.5. The van der Waals surface area contributed by atoms with Gasteiger partial charge >= 0.3 is 5.69 Å². The summed E-state index contributed by atoms with van der Waals surface area (Å²) < 4.78 is 23.2. The maximum absolute atomic E-state index is 11.6. The summed E-state index contributed by atoms with van der Waals surface area (Å²) in [7, 11) is -3.48. The Kier molecular flexibility index (Phi) is 4.91. The number of aromatic nitrogens is 1. The van der Waals surface area contributed by atoms with Crippen LogP contribution in [0.1, 0.15) is 18.4 Å². The zero-order chi connectivity index (χ0) is 18.0. The third kappa shape index (κ3) is 4.07. The van der Waals surface area contributed by atoms with Gasteiger partial charge in [-0.3, -0.25) is 10.1 Å². The van der Waals surface area contributed by atoms with Gasteiger partial charge in [-0.2, -0.15) is 0 Å². The van der Waals surface area contributed by atoms with Crippen LogP contribution in [-0.4, -0.2) is 37.7 Å². The maximum atomic E-state index is 11.6. The Morgan fingerprint density at radius 3 is 2.64 bits per heavy atom. The Bertz CT molecular complexity index is 871. The van der Waals surface area contributed by atoms with Gasteiger partial charge in [0, 0.05) is 38.2 Å². The number of sulfone groups is 1. The molecule has 0 amide bonds. The van der Waals surface area contributed by atoms with Gasteiger partial charge in [0.25, 0.3) is 0 Å². The minimum Gasteiger partial charge on any atom is -0.367 e. The molecule has 1 saturated heterocycles. The highest BCUT2D eigenvalue weighted by Gasteiger charge is 2.23. The van der Waals surface area contributed by atoms with Gasteiger partial charge in [-0.05, 0) is 24.5 Å². The highest BCUT2D eigenvalue weighted by molar-refractivity contribution is 7.92. The summed E-state index contributed by atoms with van der Waals surface area (Å²) in [6.07, 6.45) is 5.12. The van der Waals surface area contributed by atoms with Crippen molar-refractivity contribution in [3.8, 4) is 0 Å². The van der Waals surface area contributed by atoms with Crippen LogP contribution in [0.15, 0.2) is 28.6 Å². The van der Waals surface area contributed by atoms with E-state index in [-0.39, 0.29) is 14.9 Å². The van der Waals surface area contributed by atoms with E-state index < -0.39 is 14.8 Å². The van der Waals surface area contributed by atoms with Crippen molar-refractivity contribution < 1.29 is 13.3 Å². The monoisotopic (exact) mass is 382 g/mol. The van der Waals surface area contributed by atoms with Gasteiger partial charge in [-0.25, -0.2) is 13.4 Å². The van der Waals surface area contributed by atoms with Crippen LogP contribution in [0.5, 0.6) is 0 Å². The molecule has 1 N–H and O–H groups in total. The lowest BCUT2D eigenvalue weighted by Crippen LogP contribution is -2.18. The van der Waals surface area contributed by atoms with Crippen LogP contribution in [-0.2, 0) is 16.4 Å². The van der Waals surface area contributed by atoms with Gasteiger partial charge in [0.05, 0.1) is 4.92 Å². The molecule has 0 saturated carbocycles. The summed E-state index contributed by atoms with van der Waals surface area (Å²) >= 11 is 0.868. The van der Waals surface area contributed by atoms with E-state index in [1.165, 1.54) is 12.8 Å². The number of pyridine rings is 1. The lowest BCUT2D eigenvalue weighted by molar-refractivity contribution is -0.383. The Morgan fingerprint density at radius 2 is 2.08 bits per heavy atom. The average Bonchev–Trinajstić information content (AvgIpc) is 3.22. The fourth-order valence-electron chi connectivity index (χ4n) is 2.64. The third-order valence-electron chi connectivity index (χ3n) is 3.94. The van der Waals surface area contributed by atoms with E-state index in [2.05, 4.69) is 15.2 Å². The van der Waals surface area contributed by atoms with E-state index in [0.717, 1.165) is 48.1 Å². The van der Waals surface area contributed by atoms with E-state index >= 15 is 0 Å². The first kappa shape index (κ1) is 17.6. The van der Waals surface area contributed by atoms with Crippen molar-refractivity contribution in [2.75, 3.05) is 29.6 Å². The minimum atomic E-state index is -3.48. The fourth-order valence-corrected chi connectivity index (χ4v) is 4.58. The molecule has 0 spiro atoms. The Hall–Kier alpha value is -2.20. The van der Waals surface area contributed by atoms with E-state index in [4.69, 9.17) is 0 Å². The van der Waals surface area contributed by atoms with Crippen LogP contribution in [0.25, 0.3) is 0 Å². The molecule has 0 bridgehead atoms. The fraction of sp³-hybridized carbons (Fsp3) is 0.400. The summed E-state index contributed by atoms with van der Waals surface area (Å²) in [5, 5.41) is 14.3. The molecule has 1 fully saturated rings. The van der Waals surface area contributed by atoms with Crippen molar-refractivity contribution in [1.29, 1.82) is 0 Å². The van der Waals surface area contributed by atoms with Gasteiger partial charge < -0.3 is 10.2 Å². The van der Waals surface area contributed by atoms with Gasteiger partial charge in [0.1, 0.15) is 10.0 Å². The summed E-state index contributed by atoms with van der Waals surface area (Å²) in [5.74, 6) is 0.933. The lowest BCUT2D eigenvalue weighted by Gasteiger charge is -2.16. The van der Waals surface area contributed by atoms with Crippen molar-refractivity contribution >= 4 is 37.7 Å². The van der Waals surface area contributed by atoms with Crippen molar-refractivity contribution in [1.82, 2.24) is 4.98 Å². The van der Waals surface area contributed by atoms with Crippen molar-refractivity contribution in [3.63, 3.8) is 0 Å². The summed E-state index contributed by atoms with van der Waals surface area (Å²) in [5.41, 5.74) is 0.638. The number of nitrogens with one attached hydrogen (secondary N) is 1. The standard InChI is InChI=1S/C15H18N4O4S2/c1-25(22,23)14-8-12(19(20)21)15(24-14)17-10-11-4-5-13(16-9-11)18-6-2-3-7-18/h4-5,8-9,17H,2-3,6-7,10H2,1H3. The topological polar surface area (TPSA) is 105 Å². The molecule has 0 aromatic carbocycles. The van der Waals surface area contributed by atoms with Gasteiger partial charge in [-0.1, -0.05) is 17.4 Å². The Balaban J connectivity index is 1.72. The molecule has 8 nitrogen and oxygen atoms in total. The molecule has 10 heteroatoms. The minimum absolute atomic E-state index is 0.0239. The van der Waals surface area contributed by atoms with E-state index in [1.807, 2.05) is 12.1 Å². The maximum Gasteiger partial charge on any atom is 0.304 e. The third-order valence-corrected chi connectivity index (χ3v) is 6.83. The van der Waals surface area contributed by atoms with E-state index in [1.54, 1.807) is 6.20 Å². The number of nitrogens with zero attached hydrogens (tertiary/aromatic N) is 3. The molecule has 134 valence electrons. The predicted molar refractivity (Wildman–Crippen MR) is 97.1 cm³/mol. The molecule has 3 rings (SSSR count). The number of thiophene rings is 1. The Morgan fingerprint density at radius 1 is 1.36 bits per heavy atom. The second kappa shape index (κ2) is 6.96. The average molecular weight is 382 g/mol. The largest absolute Gasteiger partial charge is 0.367 e. The molecule has 25 heavy (non-hydrogen) atoms. The highest BCUT2D eigenvalue weighted by Crippen LogP contribution is 2.37. The molecule has 1 aliphatic heterocycles. The number of anilines is 2. The first-order valence-electron chi connectivity index (χ1n) is 7.76. The number of hydrogen-bond donors (Lipinski definition) is 1. The molecule has 0 unspecified atom stereocenters. The summed E-state index contributed by atoms with van der Waals surface area (Å²) in [6, 6.07) is 4.95. The number of nitro groups is 1. The lowest BCUT2D eigenvalue weighted by atomic mass is 10.2. The second-order valence-corrected chi connectivity index (χ2v) is 9.18. The van der Waals surface area contributed by atoms with Gasteiger partial charge in [0.15, 0.2) is 14.8 Å². The van der Waals surface area contributed by atoms with Gasteiger partial charge in [0.2, 0.25) is 0 Å². The molecule has 2 aromatic rings. The normalized spacial score (nSPS) is 14.7. The van der Waals surface area contributed by atoms with Crippen LogP contribution in [0.3, 0.4) is 0 Å². The first-order chi connectivity index (χ1) is 11.8. The van der Waals surface area contributed by atoms with Crippen LogP contribution >= 0.6 is 11.3 Å². The molecule has 1 aliphatic rings. The summed E-state index contributed by atoms with van der Waals surface area (Å²) in [6.45, 7) is 2.36. The van der Waals surface area contributed by atoms with Crippen molar-refractivity contribution in [2.45, 2.75) is 23.6 Å². The van der Waals surface area contributed by atoms with Crippen molar-refractivity contribution in [3.05, 3.63) is 40.1 Å². The number of rotatable bonds is 6. The van der Waals surface area contributed by atoms with E-state index in [9.17, 15) is 18.5 Å². The predicted octanol–water partition coefficient (Wildman–Crippen LogP) is 2.67. The molecule has 0 aliphatic carbocycles. The zero-order valence-electron chi connectivity index (χ0n) is 13.6. The molecular weight excluding hydrogens is 364 g/mol. The van der Waals surface area contributed by atoms with Crippen LogP contribution in [0, 0.1) is 10.1 Å². The smallest absolute Gasteiger partial charge is 0.304 e. The van der Waals surface area contributed by atoms with Crippen LogP contribution in [0.2, 0.25) is 0 Å². The molecule has 0 atom stereocenters. The zero-order valence-corrected chi connectivity index (χ0v) is 15.3. The highest BCUT2D eigenvalue weighted by atomic mass is 32.2. The SMILES string of the molecule is CS(=O)(=O)c1cc([N+](=O)[O-])c(NCc2ccc(N3CCCC3)nc2)s1. The van der Waals surface area contributed by atoms with Gasteiger partial charge in [-0.15, -0.1) is 0 Å². The van der Waals surface area contributed by atoms with Crippen molar-refractivity contribution in [2.24, 2.45) is 0 Å². The molecule has 2 aromatic heterocycles. The quantitative estimate of drug-likeness (QED) is 0.605. The summed E-state index contributed by atoms with van der Waals surface area (Å²) in [4.78, 5) is 17.2. The van der Waals surface area contributed by atoms with Crippen LogP contribution < -0.4 is 10.2 Å². The Labute approximate surface area is 149 Å². The molecule has 0 radical (unpaired) electrons. The second-order valence-electron chi connectivity index (χ2n) is 5.88.